The first kappa shape index (κ1) is 13.3. The number of rotatable bonds is 6. The van der Waals surface area contributed by atoms with Crippen LogP contribution in [0.4, 0.5) is 5.13 Å². The van der Waals surface area contributed by atoms with Crippen molar-refractivity contribution >= 4 is 34.2 Å². The predicted octanol–water partition coefficient (Wildman–Crippen LogP) is 2.48. The number of aromatic nitrogens is 1. The summed E-state index contributed by atoms with van der Waals surface area (Å²) in [5, 5.41) is 6.19. The molecule has 0 saturated heterocycles. The molecule has 0 spiro atoms. The van der Waals surface area contributed by atoms with Crippen molar-refractivity contribution in [2.75, 3.05) is 24.7 Å². The first-order chi connectivity index (χ1) is 7.67. The average molecular weight is 260 g/mol. The van der Waals surface area contributed by atoms with E-state index >= 15 is 0 Å². The maximum absolute atomic E-state index is 11.3. The van der Waals surface area contributed by atoms with E-state index in [0.29, 0.717) is 17.6 Å². The van der Waals surface area contributed by atoms with Crippen molar-refractivity contribution in [3.63, 3.8) is 0 Å². The Labute approximate surface area is 104 Å². The Bertz CT molecular complexity index is 341. The number of ether oxygens (including phenoxy) is 1. The predicted molar refractivity (Wildman–Crippen MR) is 69.5 cm³/mol. The molecule has 16 heavy (non-hydrogen) atoms. The van der Waals surface area contributed by atoms with Crippen molar-refractivity contribution in [3.8, 4) is 0 Å². The van der Waals surface area contributed by atoms with E-state index in [2.05, 4.69) is 23.5 Å². The lowest BCUT2D eigenvalue weighted by Gasteiger charge is -2.07. The smallest absolute Gasteiger partial charge is 0.357 e. The molecule has 0 saturated carbocycles. The van der Waals surface area contributed by atoms with E-state index < -0.39 is 0 Å². The fourth-order valence-corrected chi connectivity index (χ4v) is 1.91. The number of thiazole rings is 1. The third kappa shape index (κ3) is 4.02. The van der Waals surface area contributed by atoms with Gasteiger partial charge in [0.2, 0.25) is 0 Å². The highest BCUT2D eigenvalue weighted by molar-refractivity contribution is 7.99. The molecule has 90 valence electrons. The van der Waals surface area contributed by atoms with Crippen molar-refractivity contribution in [2.24, 2.45) is 0 Å². The molecule has 6 heteroatoms. The lowest BCUT2D eigenvalue weighted by Crippen LogP contribution is -2.12. The first-order valence-corrected chi connectivity index (χ1v) is 7.23. The Morgan fingerprint density at radius 2 is 2.50 bits per heavy atom. The number of nitrogens with one attached hydrogen (secondary N) is 1. The highest BCUT2D eigenvalue weighted by Crippen LogP contribution is 2.17. The van der Waals surface area contributed by atoms with Crippen LogP contribution in [0, 0.1) is 0 Å². The van der Waals surface area contributed by atoms with Crippen LogP contribution in [-0.4, -0.2) is 35.6 Å². The van der Waals surface area contributed by atoms with Crippen LogP contribution in [0.15, 0.2) is 5.38 Å². The molecule has 1 unspecified atom stereocenters. The molecule has 0 bridgehead atoms. The van der Waals surface area contributed by atoms with E-state index in [1.165, 1.54) is 11.3 Å². The van der Waals surface area contributed by atoms with Gasteiger partial charge in [-0.1, -0.05) is 6.92 Å². The molecular weight excluding hydrogens is 244 g/mol. The second-order valence-corrected chi connectivity index (χ2v) is 5.32. The fourth-order valence-electron chi connectivity index (χ4n) is 0.968. The number of hydrogen-bond acceptors (Lipinski definition) is 6. The molecule has 1 aromatic rings. The zero-order valence-corrected chi connectivity index (χ0v) is 11.3. The number of carbonyl (C=O) groups is 1. The first-order valence-electron chi connectivity index (χ1n) is 5.06. The number of carbonyl (C=O) groups excluding carboxylic acids is 1. The van der Waals surface area contributed by atoms with Gasteiger partial charge in [-0.15, -0.1) is 11.3 Å². The number of thioether (sulfide) groups is 1. The van der Waals surface area contributed by atoms with Crippen molar-refractivity contribution in [2.45, 2.75) is 19.1 Å². The third-order valence-corrected chi connectivity index (χ3v) is 3.70. The Morgan fingerprint density at radius 3 is 3.12 bits per heavy atom. The molecule has 1 heterocycles. The Kier molecular flexibility index (Phi) is 5.62. The monoisotopic (exact) mass is 260 g/mol. The van der Waals surface area contributed by atoms with Crippen LogP contribution in [0.2, 0.25) is 0 Å². The summed E-state index contributed by atoms with van der Waals surface area (Å²) in [5.41, 5.74) is 0.381. The van der Waals surface area contributed by atoms with Crippen LogP contribution in [0.25, 0.3) is 0 Å². The highest BCUT2D eigenvalue weighted by atomic mass is 32.2. The molecule has 0 aliphatic carbocycles. The van der Waals surface area contributed by atoms with Crippen LogP contribution in [-0.2, 0) is 4.74 Å². The van der Waals surface area contributed by atoms with E-state index in [1.807, 2.05) is 0 Å². The normalized spacial score (nSPS) is 12.2. The SMILES string of the molecule is CCOC(=O)c1csc(NCC(C)SC)n1. The average Bonchev–Trinajstić information content (AvgIpc) is 2.75. The summed E-state index contributed by atoms with van der Waals surface area (Å²) in [5.74, 6) is -0.357. The fraction of sp³-hybridized carbons (Fsp3) is 0.600. The largest absolute Gasteiger partial charge is 0.461 e. The molecule has 0 aliphatic heterocycles. The lowest BCUT2D eigenvalue weighted by molar-refractivity contribution is 0.0520. The van der Waals surface area contributed by atoms with Gasteiger partial charge in [-0.2, -0.15) is 11.8 Å². The Morgan fingerprint density at radius 1 is 1.75 bits per heavy atom. The van der Waals surface area contributed by atoms with Crippen LogP contribution >= 0.6 is 23.1 Å². The molecule has 1 atom stereocenters. The molecule has 0 aromatic carbocycles. The summed E-state index contributed by atoms with van der Waals surface area (Å²) in [4.78, 5) is 15.5. The maximum atomic E-state index is 11.3. The number of nitrogens with zero attached hydrogens (tertiary/aromatic N) is 1. The standard InChI is InChI=1S/C10H16N2O2S2/c1-4-14-9(13)8-6-16-10(12-8)11-5-7(2)15-3/h6-7H,4-5H2,1-3H3,(H,11,12). The molecule has 0 amide bonds. The van der Waals surface area contributed by atoms with Gasteiger partial charge < -0.3 is 10.1 Å². The maximum Gasteiger partial charge on any atom is 0.357 e. The van der Waals surface area contributed by atoms with Crippen LogP contribution in [0.1, 0.15) is 24.3 Å². The summed E-state index contributed by atoms with van der Waals surface area (Å²) in [6, 6.07) is 0. The van der Waals surface area contributed by atoms with E-state index in [0.717, 1.165) is 11.7 Å². The summed E-state index contributed by atoms with van der Waals surface area (Å²) >= 11 is 3.21. The zero-order chi connectivity index (χ0) is 12.0. The van der Waals surface area contributed by atoms with Crippen LogP contribution in [0.3, 0.4) is 0 Å². The number of anilines is 1. The van der Waals surface area contributed by atoms with Gasteiger partial charge >= 0.3 is 5.97 Å². The minimum Gasteiger partial charge on any atom is -0.461 e. The van der Waals surface area contributed by atoms with Gasteiger partial charge in [0, 0.05) is 17.2 Å². The van der Waals surface area contributed by atoms with Gasteiger partial charge in [0.1, 0.15) is 0 Å². The highest BCUT2D eigenvalue weighted by Gasteiger charge is 2.11. The van der Waals surface area contributed by atoms with Gasteiger partial charge in [-0.05, 0) is 13.2 Å². The molecule has 0 radical (unpaired) electrons. The summed E-state index contributed by atoms with van der Waals surface area (Å²) < 4.78 is 4.86. The molecule has 0 fully saturated rings. The Hall–Kier alpha value is -0.750. The second-order valence-electron chi connectivity index (χ2n) is 3.19. The van der Waals surface area contributed by atoms with E-state index in [-0.39, 0.29) is 5.97 Å². The second kappa shape index (κ2) is 6.75. The van der Waals surface area contributed by atoms with Gasteiger partial charge in [-0.3, -0.25) is 0 Å². The quantitative estimate of drug-likeness (QED) is 0.796. The molecule has 1 aromatic heterocycles. The van der Waals surface area contributed by atoms with Gasteiger partial charge in [0.15, 0.2) is 10.8 Å². The van der Waals surface area contributed by atoms with E-state index in [1.54, 1.807) is 24.1 Å². The minimum atomic E-state index is -0.357. The molecule has 0 aliphatic rings. The molecule has 1 N–H and O–H groups in total. The summed E-state index contributed by atoms with van der Waals surface area (Å²) in [6.45, 7) is 5.14. The van der Waals surface area contributed by atoms with Gasteiger partial charge in [0.05, 0.1) is 6.61 Å². The van der Waals surface area contributed by atoms with Crippen molar-refractivity contribution < 1.29 is 9.53 Å². The molecule has 1 rings (SSSR count). The molecule has 4 nitrogen and oxygen atoms in total. The van der Waals surface area contributed by atoms with Crippen molar-refractivity contribution in [1.82, 2.24) is 4.98 Å². The van der Waals surface area contributed by atoms with Crippen molar-refractivity contribution in [1.29, 1.82) is 0 Å². The molecular formula is C10H16N2O2S2. The topological polar surface area (TPSA) is 51.2 Å². The minimum absolute atomic E-state index is 0.357. The van der Waals surface area contributed by atoms with Crippen LogP contribution in [0.5, 0.6) is 0 Å². The van der Waals surface area contributed by atoms with E-state index in [4.69, 9.17) is 4.74 Å². The van der Waals surface area contributed by atoms with Crippen LogP contribution < -0.4 is 5.32 Å². The third-order valence-electron chi connectivity index (χ3n) is 1.93. The Balaban J connectivity index is 2.48. The summed E-state index contributed by atoms with van der Waals surface area (Å²) in [6.07, 6.45) is 2.07. The van der Waals surface area contributed by atoms with Gasteiger partial charge in [-0.25, -0.2) is 9.78 Å². The summed E-state index contributed by atoms with van der Waals surface area (Å²) in [7, 11) is 0. The van der Waals surface area contributed by atoms with E-state index in [9.17, 15) is 4.79 Å². The van der Waals surface area contributed by atoms with Crippen molar-refractivity contribution in [3.05, 3.63) is 11.1 Å². The number of esters is 1. The van der Waals surface area contributed by atoms with Gasteiger partial charge in [0.25, 0.3) is 0 Å². The lowest BCUT2D eigenvalue weighted by atomic mass is 10.5. The zero-order valence-electron chi connectivity index (χ0n) is 9.65. The number of hydrogen-bond donors (Lipinski definition) is 1.